The molecule has 1 saturated heterocycles. The van der Waals surface area contributed by atoms with Crippen molar-refractivity contribution in [1.29, 1.82) is 0 Å². The van der Waals surface area contributed by atoms with E-state index >= 15 is 0 Å². The zero-order valence-electron chi connectivity index (χ0n) is 13.1. The minimum atomic E-state index is -3.60. The number of benzene rings is 1. The number of nitro benzene ring substituents is 1. The van der Waals surface area contributed by atoms with Crippen LogP contribution in [0.1, 0.15) is 0 Å². The molecule has 0 saturated carbocycles. The Labute approximate surface area is 153 Å². The Hall–Kier alpha value is -2.04. The van der Waals surface area contributed by atoms with Gasteiger partial charge in [-0.05, 0) is 24.3 Å². The van der Waals surface area contributed by atoms with Gasteiger partial charge in [-0.2, -0.15) is 4.31 Å². The van der Waals surface area contributed by atoms with E-state index in [0.29, 0.717) is 23.2 Å². The first-order chi connectivity index (χ1) is 11.9. The van der Waals surface area contributed by atoms with Gasteiger partial charge in [0.1, 0.15) is 10.6 Å². The predicted octanol–water partition coefficient (Wildman–Crippen LogP) is 2.26. The summed E-state index contributed by atoms with van der Waals surface area (Å²) in [7, 11) is -3.60. The smallest absolute Gasteiger partial charge is 0.293 e. The van der Waals surface area contributed by atoms with Gasteiger partial charge in [0.05, 0.1) is 4.92 Å². The average Bonchev–Trinajstić information content (AvgIpc) is 2.62. The molecule has 2 heterocycles. The number of anilines is 1. The lowest BCUT2D eigenvalue weighted by Gasteiger charge is -2.35. The van der Waals surface area contributed by atoms with E-state index in [1.54, 1.807) is 18.2 Å². The highest BCUT2D eigenvalue weighted by Gasteiger charge is 2.30. The Kier molecular flexibility index (Phi) is 5.02. The third-order valence-electron chi connectivity index (χ3n) is 3.99. The molecule has 1 aromatic carbocycles. The summed E-state index contributed by atoms with van der Waals surface area (Å²) in [5, 5.41) is 11.3. The van der Waals surface area contributed by atoms with Crippen LogP contribution in [0.2, 0.25) is 0 Å². The summed E-state index contributed by atoms with van der Waals surface area (Å²) in [5.41, 5.74) is 0.490. The summed E-state index contributed by atoms with van der Waals surface area (Å²) in [5.74, 6) is 0. The summed E-state index contributed by atoms with van der Waals surface area (Å²) < 4.78 is 27.2. The third-order valence-corrected chi connectivity index (χ3v) is 6.36. The summed E-state index contributed by atoms with van der Waals surface area (Å²) in [4.78, 5) is 16.7. The fourth-order valence-electron chi connectivity index (χ4n) is 2.73. The first kappa shape index (κ1) is 17.8. The molecule has 1 aliphatic rings. The van der Waals surface area contributed by atoms with Crippen molar-refractivity contribution < 1.29 is 13.3 Å². The second kappa shape index (κ2) is 7.06. The SMILES string of the molecule is O=[N+]([O-])c1cc(Br)ccc1N1CCN(S(=O)(=O)c2cccnc2)CC1. The fraction of sp³-hybridized carbons (Fsp3) is 0.267. The lowest BCUT2D eigenvalue weighted by Crippen LogP contribution is -2.48. The van der Waals surface area contributed by atoms with Crippen molar-refractivity contribution in [2.45, 2.75) is 4.90 Å². The van der Waals surface area contributed by atoms with Gasteiger partial charge in [0.25, 0.3) is 5.69 Å². The number of sulfonamides is 1. The zero-order valence-corrected chi connectivity index (χ0v) is 15.5. The van der Waals surface area contributed by atoms with Gasteiger partial charge in [0.2, 0.25) is 10.0 Å². The van der Waals surface area contributed by atoms with E-state index in [9.17, 15) is 18.5 Å². The fourth-order valence-corrected chi connectivity index (χ4v) is 4.46. The van der Waals surface area contributed by atoms with E-state index in [1.165, 1.54) is 28.8 Å². The highest BCUT2D eigenvalue weighted by Crippen LogP contribution is 2.32. The molecule has 1 fully saturated rings. The number of nitrogens with zero attached hydrogens (tertiary/aromatic N) is 4. The quantitative estimate of drug-likeness (QED) is 0.549. The van der Waals surface area contributed by atoms with Crippen LogP contribution in [0.5, 0.6) is 0 Å². The molecule has 0 unspecified atom stereocenters. The normalized spacial score (nSPS) is 16.0. The van der Waals surface area contributed by atoms with Crippen LogP contribution in [0.25, 0.3) is 0 Å². The molecule has 1 aliphatic heterocycles. The number of piperazine rings is 1. The third kappa shape index (κ3) is 3.65. The van der Waals surface area contributed by atoms with Crippen molar-refractivity contribution in [3.05, 3.63) is 57.3 Å². The number of hydrogen-bond acceptors (Lipinski definition) is 6. The highest BCUT2D eigenvalue weighted by molar-refractivity contribution is 9.10. The first-order valence-electron chi connectivity index (χ1n) is 7.48. The van der Waals surface area contributed by atoms with Crippen molar-refractivity contribution in [3.8, 4) is 0 Å². The lowest BCUT2D eigenvalue weighted by atomic mass is 10.2. The molecule has 0 N–H and O–H groups in total. The molecule has 2 aromatic rings. The van der Waals surface area contributed by atoms with Gasteiger partial charge >= 0.3 is 0 Å². The van der Waals surface area contributed by atoms with Crippen molar-refractivity contribution in [3.63, 3.8) is 0 Å². The maximum absolute atomic E-state index is 12.6. The molecule has 8 nitrogen and oxygen atoms in total. The summed E-state index contributed by atoms with van der Waals surface area (Å²) in [6, 6.07) is 7.95. The topological polar surface area (TPSA) is 96.6 Å². The molecular formula is C15H15BrN4O4S. The Morgan fingerprint density at radius 1 is 1.16 bits per heavy atom. The first-order valence-corrected chi connectivity index (χ1v) is 9.72. The Morgan fingerprint density at radius 3 is 2.48 bits per heavy atom. The van der Waals surface area contributed by atoms with Crippen LogP contribution in [-0.2, 0) is 10.0 Å². The largest absolute Gasteiger partial charge is 0.363 e. The minimum Gasteiger partial charge on any atom is -0.363 e. The molecule has 3 rings (SSSR count). The molecule has 1 aromatic heterocycles. The standard InChI is InChI=1S/C15H15BrN4O4S/c16-12-3-4-14(15(10-12)20(21)22)18-6-8-19(9-7-18)25(23,24)13-2-1-5-17-11-13/h1-5,10-11H,6-9H2. The van der Waals surface area contributed by atoms with Crippen LogP contribution in [0.3, 0.4) is 0 Å². The molecule has 25 heavy (non-hydrogen) atoms. The summed E-state index contributed by atoms with van der Waals surface area (Å²) >= 11 is 3.23. The molecule has 0 radical (unpaired) electrons. The maximum atomic E-state index is 12.6. The van der Waals surface area contributed by atoms with Crippen LogP contribution in [0, 0.1) is 10.1 Å². The van der Waals surface area contributed by atoms with Gasteiger partial charge in [0, 0.05) is 49.1 Å². The van der Waals surface area contributed by atoms with Gasteiger partial charge in [-0.15, -0.1) is 0 Å². The van der Waals surface area contributed by atoms with Gasteiger partial charge in [-0.3, -0.25) is 15.1 Å². The molecule has 0 bridgehead atoms. The van der Waals surface area contributed by atoms with Crippen LogP contribution < -0.4 is 4.90 Å². The Morgan fingerprint density at radius 2 is 1.88 bits per heavy atom. The van der Waals surface area contributed by atoms with E-state index in [1.807, 2.05) is 4.90 Å². The second-order valence-electron chi connectivity index (χ2n) is 5.47. The number of nitro groups is 1. The number of pyridine rings is 1. The summed E-state index contributed by atoms with van der Waals surface area (Å²) in [6.07, 6.45) is 2.84. The van der Waals surface area contributed by atoms with Crippen molar-refractivity contribution in [1.82, 2.24) is 9.29 Å². The van der Waals surface area contributed by atoms with Gasteiger partial charge in [0.15, 0.2) is 0 Å². The maximum Gasteiger partial charge on any atom is 0.293 e. The Bertz CT molecular complexity index is 884. The van der Waals surface area contributed by atoms with E-state index in [-0.39, 0.29) is 23.7 Å². The highest BCUT2D eigenvalue weighted by atomic mass is 79.9. The van der Waals surface area contributed by atoms with E-state index in [0.717, 1.165) is 0 Å². The van der Waals surface area contributed by atoms with Crippen LogP contribution in [0.15, 0.2) is 52.1 Å². The van der Waals surface area contributed by atoms with Crippen molar-refractivity contribution >= 4 is 37.3 Å². The van der Waals surface area contributed by atoms with Crippen molar-refractivity contribution in [2.75, 3.05) is 31.1 Å². The van der Waals surface area contributed by atoms with E-state index < -0.39 is 14.9 Å². The van der Waals surface area contributed by atoms with Gasteiger partial charge in [-0.25, -0.2) is 8.42 Å². The van der Waals surface area contributed by atoms with Gasteiger partial charge < -0.3 is 4.90 Å². The van der Waals surface area contributed by atoms with Crippen molar-refractivity contribution in [2.24, 2.45) is 0 Å². The summed E-state index contributed by atoms with van der Waals surface area (Å²) in [6.45, 7) is 1.26. The molecular weight excluding hydrogens is 412 g/mol. The van der Waals surface area contributed by atoms with Crippen LogP contribution >= 0.6 is 15.9 Å². The predicted molar refractivity (Wildman–Crippen MR) is 96.0 cm³/mol. The van der Waals surface area contributed by atoms with Crippen LogP contribution in [0.4, 0.5) is 11.4 Å². The lowest BCUT2D eigenvalue weighted by molar-refractivity contribution is -0.384. The molecule has 0 spiro atoms. The number of hydrogen-bond donors (Lipinski definition) is 0. The monoisotopic (exact) mass is 426 g/mol. The van der Waals surface area contributed by atoms with Crippen LogP contribution in [-0.4, -0.2) is 48.8 Å². The zero-order chi connectivity index (χ0) is 18.0. The number of rotatable bonds is 4. The number of halogens is 1. The minimum absolute atomic E-state index is 0.00191. The second-order valence-corrected chi connectivity index (χ2v) is 8.32. The number of aromatic nitrogens is 1. The molecule has 0 amide bonds. The van der Waals surface area contributed by atoms with E-state index in [2.05, 4.69) is 20.9 Å². The molecule has 0 atom stereocenters. The molecule has 0 aliphatic carbocycles. The molecule has 10 heteroatoms. The molecule has 132 valence electrons. The van der Waals surface area contributed by atoms with Gasteiger partial charge in [-0.1, -0.05) is 15.9 Å². The average molecular weight is 427 g/mol. The van der Waals surface area contributed by atoms with E-state index in [4.69, 9.17) is 0 Å². The Balaban J connectivity index is 1.78.